The molecule has 2 aliphatic rings. The number of carboxylic acid groups (broad SMARTS) is 2. The van der Waals surface area contributed by atoms with Crippen LogP contribution in [0.25, 0.3) is 17.0 Å². The molecule has 0 saturated carbocycles. The van der Waals surface area contributed by atoms with Crippen molar-refractivity contribution in [3.05, 3.63) is 63.6 Å². The lowest BCUT2D eigenvalue weighted by Gasteiger charge is -2.35. The van der Waals surface area contributed by atoms with Gasteiger partial charge in [0.15, 0.2) is 5.17 Å². The summed E-state index contributed by atoms with van der Waals surface area (Å²) in [5.41, 5.74) is 3.16. The molecule has 2 fully saturated rings. The Kier molecular flexibility index (Phi) is 11.3. The predicted octanol–water partition coefficient (Wildman–Crippen LogP) is 5.46. The van der Waals surface area contributed by atoms with E-state index in [4.69, 9.17) is 21.5 Å². The molecule has 3 heterocycles. The molecule has 2 aliphatic heterocycles. The van der Waals surface area contributed by atoms with E-state index in [1.807, 2.05) is 25.2 Å². The zero-order valence-electron chi connectivity index (χ0n) is 25.8. The van der Waals surface area contributed by atoms with Crippen LogP contribution < -0.4 is 15.5 Å². The van der Waals surface area contributed by atoms with Crippen LogP contribution in [0.3, 0.4) is 0 Å². The number of halogens is 4. The van der Waals surface area contributed by atoms with Gasteiger partial charge in [-0.1, -0.05) is 31.5 Å². The number of fused-ring (bicyclic) bond motifs is 1. The summed E-state index contributed by atoms with van der Waals surface area (Å²) >= 11 is 7.51. The zero-order chi connectivity index (χ0) is 35.3. The number of hydrogen-bond donors (Lipinski definition) is 4. The molecule has 0 spiro atoms. The second-order valence-electron chi connectivity index (χ2n) is 11.0. The standard InChI is InChI=1S/C29H29ClN6O4S.C2HF3O2/c1-16(2)26(37)32-18-5-6-21(30)23(14-18)33-29-34-27(38)24(41-29)13-17-4-7-22-19(12-17)25(20(15-31-22)28(39)40)36-10-8-35(3)9-11-36;3-2(4,5)1(6)7/h4-7,12-16H,8-11H2,1-3H3,(H,32,37)(H,39,40)(H,33,34,38);(H,6,7)/b24-13-;. The number of carbonyl (C=O) groups is 4. The van der Waals surface area contributed by atoms with Crippen molar-refractivity contribution in [2.75, 3.05) is 43.4 Å². The lowest BCUT2D eigenvalue weighted by Crippen LogP contribution is -2.45. The number of benzene rings is 2. The molecule has 2 aromatic carbocycles. The van der Waals surface area contributed by atoms with Gasteiger partial charge in [-0.3, -0.25) is 14.6 Å². The van der Waals surface area contributed by atoms with Gasteiger partial charge in [0.2, 0.25) is 5.91 Å². The third-order valence-corrected chi connectivity index (χ3v) is 8.29. The number of piperazine rings is 1. The number of aromatic carboxylic acids is 1. The minimum atomic E-state index is -5.08. The molecular weight excluding hydrogens is 677 g/mol. The highest BCUT2D eigenvalue weighted by Crippen LogP contribution is 2.35. The number of carbonyl (C=O) groups excluding carboxylic acids is 2. The summed E-state index contributed by atoms with van der Waals surface area (Å²) in [7, 11) is 2.04. The first-order valence-corrected chi connectivity index (χ1v) is 15.5. The molecule has 4 N–H and O–H groups in total. The summed E-state index contributed by atoms with van der Waals surface area (Å²) in [6, 6.07) is 10.5. The molecule has 48 heavy (non-hydrogen) atoms. The largest absolute Gasteiger partial charge is 0.490 e. The third kappa shape index (κ3) is 9.02. The van der Waals surface area contributed by atoms with E-state index in [1.54, 1.807) is 38.1 Å². The van der Waals surface area contributed by atoms with Gasteiger partial charge in [-0.05, 0) is 60.8 Å². The maximum Gasteiger partial charge on any atom is 0.490 e. The highest BCUT2D eigenvalue weighted by atomic mass is 35.5. The molecule has 254 valence electrons. The van der Waals surface area contributed by atoms with Crippen molar-refractivity contribution >= 4 is 86.3 Å². The molecule has 2 saturated heterocycles. The number of pyridine rings is 1. The summed E-state index contributed by atoms with van der Waals surface area (Å²) in [6.45, 7) is 6.64. The average Bonchev–Trinajstić information content (AvgIpc) is 3.36. The average molecular weight is 707 g/mol. The molecule has 12 nitrogen and oxygen atoms in total. The second-order valence-corrected chi connectivity index (χ2v) is 12.4. The predicted molar refractivity (Wildman–Crippen MR) is 178 cm³/mol. The van der Waals surface area contributed by atoms with Gasteiger partial charge < -0.3 is 30.6 Å². The van der Waals surface area contributed by atoms with Gasteiger partial charge in [0, 0.05) is 49.4 Å². The Bertz CT molecular complexity index is 1830. The van der Waals surface area contributed by atoms with E-state index in [2.05, 4.69) is 30.4 Å². The third-order valence-electron chi connectivity index (χ3n) is 7.06. The number of carboxylic acids is 2. The molecule has 17 heteroatoms. The van der Waals surface area contributed by atoms with Gasteiger partial charge >= 0.3 is 18.1 Å². The number of amides is 2. The van der Waals surface area contributed by atoms with Crippen LogP contribution in [-0.4, -0.2) is 88.4 Å². The van der Waals surface area contributed by atoms with Crippen molar-refractivity contribution in [1.82, 2.24) is 15.2 Å². The Labute approximate surface area is 281 Å². The molecule has 0 unspecified atom stereocenters. The Morgan fingerprint density at radius 3 is 2.38 bits per heavy atom. The Morgan fingerprint density at radius 1 is 1.10 bits per heavy atom. The summed E-state index contributed by atoms with van der Waals surface area (Å²) in [6.07, 6.45) is -1.93. The van der Waals surface area contributed by atoms with E-state index in [-0.39, 0.29) is 23.3 Å². The van der Waals surface area contributed by atoms with E-state index in [0.717, 1.165) is 18.7 Å². The Morgan fingerprint density at radius 2 is 1.77 bits per heavy atom. The Hall–Kier alpha value is -4.67. The lowest BCUT2D eigenvalue weighted by atomic mass is 10.0. The molecular formula is C31H30ClF3N6O6S. The topological polar surface area (TPSA) is 165 Å². The first-order chi connectivity index (χ1) is 22.5. The molecule has 0 radical (unpaired) electrons. The number of nitrogens with zero attached hydrogens (tertiary/aromatic N) is 4. The van der Waals surface area contributed by atoms with E-state index < -0.39 is 18.1 Å². The quantitative estimate of drug-likeness (QED) is 0.242. The van der Waals surface area contributed by atoms with Crippen LogP contribution in [0.4, 0.5) is 30.2 Å². The van der Waals surface area contributed by atoms with Crippen molar-refractivity contribution in [3.8, 4) is 0 Å². The SMILES string of the molecule is CC(C)C(=O)Nc1ccc(Cl)c(N=C2NC(=O)/C(=C/c3ccc4ncc(C(=O)O)c(N5CCN(C)CC5)c4c3)S2)c1.O=C(O)C(F)(F)F. The van der Waals surface area contributed by atoms with Crippen molar-refractivity contribution < 1.29 is 42.6 Å². The number of amidine groups is 1. The first-order valence-electron chi connectivity index (χ1n) is 14.3. The number of likely N-dealkylation sites (N-methyl/N-ethyl adjacent to an activating group) is 1. The number of aromatic nitrogens is 1. The highest BCUT2D eigenvalue weighted by Gasteiger charge is 2.38. The lowest BCUT2D eigenvalue weighted by molar-refractivity contribution is -0.192. The minimum Gasteiger partial charge on any atom is -0.478 e. The molecule has 2 amide bonds. The molecule has 3 aromatic rings. The van der Waals surface area contributed by atoms with Crippen LogP contribution in [0.2, 0.25) is 5.02 Å². The fourth-order valence-corrected chi connectivity index (χ4v) is 5.51. The zero-order valence-corrected chi connectivity index (χ0v) is 27.3. The number of aliphatic imine (C=N–C) groups is 1. The van der Waals surface area contributed by atoms with E-state index in [9.17, 15) is 32.7 Å². The fraction of sp³-hybridized carbons (Fsp3) is 0.290. The number of thioether (sulfide) groups is 1. The second kappa shape index (κ2) is 15.0. The van der Waals surface area contributed by atoms with Gasteiger partial charge in [-0.15, -0.1) is 0 Å². The van der Waals surface area contributed by atoms with Gasteiger partial charge in [0.1, 0.15) is 5.56 Å². The van der Waals surface area contributed by atoms with Crippen molar-refractivity contribution in [2.24, 2.45) is 10.9 Å². The monoisotopic (exact) mass is 706 g/mol. The van der Waals surface area contributed by atoms with Gasteiger partial charge in [0.25, 0.3) is 5.91 Å². The number of nitrogens with one attached hydrogen (secondary N) is 2. The first kappa shape index (κ1) is 36.2. The van der Waals surface area contributed by atoms with E-state index in [0.29, 0.717) is 56.2 Å². The van der Waals surface area contributed by atoms with E-state index in [1.165, 1.54) is 18.0 Å². The van der Waals surface area contributed by atoms with Crippen LogP contribution in [0.15, 0.2) is 52.5 Å². The summed E-state index contributed by atoms with van der Waals surface area (Å²) < 4.78 is 31.7. The van der Waals surface area contributed by atoms with Crippen molar-refractivity contribution in [2.45, 2.75) is 20.0 Å². The smallest absolute Gasteiger partial charge is 0.478 e. The number of rotatable bonds is 6. The molecule has 5 rings (SSSR count). The van der Waals surface area contributed by atoms with Crippen LogP contribution in [0.1, 0.15) is 29.8 Å². The minimum absolute atomic E-state index is 0.128. The Balaban J connectivity index is 0.000000671. The number of aliphatic carboxylic acids is 1. The maximum absolute atomic E-state index is 12.8. The number of alkyl halides is 3. The van der Waals surface area contributed by atoms with Gasteiger partial charge in [-0.25, -0.2) is 14.6 Å². The van der Waals surface area contributed by atoms with Gasteiger partial charge in [0.05, 0.1) is 26.8 Å². The van der Waals surface area contributed by atoms with Crippen molar-refractivity contribution in [3.63, 3.8) is 0 Å². The summed E-state index contributed by atoms with van der Waals surface area (Å²) in [4.78, 5) is 59.5. The fourth-order valence-electron chi connectivity index (χ4n) is 4.52. The summed E-state index contributed by atoms with van der Waals surface area (Å²) in [5.74, 6) is -4.41. The van der Waals surface area contributed by atoms with Gasteiger partial charge in [-0.2, -0.15) is 13.2 Å². The molecule has 0 atom stereocenters. The van der Waals surface area contributed by atoms with Crippen molar-refractivity contribution in [1.29, 1.82) is 0 Å². The maximum atomic E-state index is 12.8. The number of hydrogen-bond acceptors (Lipinski definition) is 9. The number of anilines is 2. The van der Waals surface area contributed by atoms with Crippen LogP contribution in [-0.2, 0) is 14.4 Å². The van der Waals surface area contributed by atoms with Crippen LogP contribution in [0, 0.1) is 5.92 Å². The van der Waals surface area contributed by atoms with E-state index >= 15 is 0 Å². The van der Waals surface area contributed by atoms with Crippen LogP contribution >= 0.6 is 23.4 Å². The molecule has 0 aliphatic carbocycles. The normalized spacial score (nSPS) is 17.0. The molecule has 1 aromatic heterocycles. The molecule has 0 bridgehead atoms. The van der Waals surface area contributed by atoms with Crippen LogP contribution in [0.5, 0.6) is 0 Å². The highest BCUT2D eigenvalue weighted by molar-refractivity contribution is 8.18. The summed E-state index contributed by atoms with van der Waals surface area (Å²) in [5, 5.41) is 24.1.